The molecular weight excluding hydrogens is 441 g/mol. The standard InChI is InChI=1S/C25H16FN3O3S/c26-19-7-2-1-6-18(19)15-8-9-22-20(13-15)27-23(30)10-11-29(22)17-5-3-4-16(12-17)24-28-21(14-33-24)25(31)32/h1-14H,(H,27,30)(H,31,32). The predicted molar refractivity (Wildman–Crippen MR) is 126 cm³/mol. The lowest BCUT2D eigenvalue weighted by molar-refractivity contribution is -0.111. The fourth-order valence-electron chi connectivity index (χ4n) is 3.62. The Morgan fingerprint density at radius 3 is 2.67 bits per heavy atom. The van der Waals surface area contributed by atoms with Crippen molar-refractivity contribution in [1.29, 1.82) is 0 Å². The number of anilines is 3. The summed E-state index contributed by atoms with van der Waals surface area (Å²) in [5.41, 5.74) is 3.85. The molecule has 8 heteroatoms. The highest BCUT2D eigenvalue weighted by atomic mass is 32.1. The second-order valence-electron chi connectivity index (χ2n) is 7.28. The minimum atomic E-state index is -1.08. The average Bonchev–Trinajstić information content (AvgIpc) is 3.25. The molecule has 0 saturated carbocycles. The maximum atomic E-state index is 14.3. The summed E-state index contributed by atoms with van der Waals surface area (Å²) >= 11 is 1.25. The van der Waals surface area contributed by atoms with Gasteiger partial charge in [0, 0.05) is 34.5 Å². The van der Waals surface area contributed by atoms with Gasteiger partial charge >= 0.3 is 5.97 Å². The summed E-state index contributed by atoms with van der Waals surface area (Å²) in [5.74, 6) is -1.72. The number of nitrogens with one attached hydrogen (secondary N) is 1. The van der Waals surface area contributed by atoms with Crippen molar-refractivity contribution in [2.45, 2.75) is 0 Å². The Kier molecular flexibility index (Phi) is 5.20. The molecule has 4 aromatic rings. The summed E-state index contributed by atoms with van der Waals surface area (Å²) in [5, 5.41) is 14.1. The van der Waals surface area contributed by atoms with Gasteiger partial charge in [-0.15, -0.1) is 11.3 Å². The molecule has 0 spiro atoms. The van der Waals surface area contributed by atoms with Crippen LogP contribution in [0, 0.1) is 5.82 Å². The molecule has 0 radical (unpaired) electrons. The van der Waals surface area contributed by atoms with Gasteiger partial charge in [-0.05, 0) is 35.9 Å². The molecule has 1 aliphatic rings. The van der Waals surface area contributed by atoms with Crippen LogP contribution in [0.1, 0.15) is 10.5 Å². The lowest BCUT2D eigenvalue weighted by Crippen LogP contribution is -2.09. The number of thiazole rings is 1. The van der Waals surface area contributed by atoms with Crippen LogP contribution in [0.15, 0.2) is 84.4 Å². The highest BCUT2D eigenvalue weighted by Gasteiger charge is 2.19. The molecule has 0 bridgehead atoms. The molecule has 2 N–H and O–H groups in total. The molecule has 0 aliphatic carbocycles. The van der Waals surface area contributed by atoms with Gasteiger partial charge < -0.3 is 15.3 Å². The third-order valence-corrected chi connectivity index (χ3v) is 6.06. The number of aromatic carboxylic acids is 1. The van der Waals surface area contributed by atoms with Crippen molar-refractivity contribution in [2.24, 2.45) is 0 Å². The van der Waals surface area contributed by atoms with E-state index in [1.54, 1.807) is 36.5 Å². The molecule has 0 atom stereocenters. The van der Waals surface area contributed by atoms with Crippen molar-refractivity contribution < 1.29 is 19.1 Å². The summed E-state index contributed by atoms with van der Waals surface area (Å²) in [6.45, 7) is 0. The van der Waals surface area contributed by atoms with E-state index < -0.39 is 5.97 Å². The van der Waals surface area contributed by atoms with Crippen molar-refractivity contribution in [2.75, 3.05) is 10.2 Å². The number of amides is 1. The van der Waals surface area contributed by atoms with Crippen LogP contribution in [-0.4, -0.2) is 22.0 Å². The number of carboxylic acid groups (broad SMARTS) is 1. The number of carbonyl (C=O) groups is 2. The molecule has 162 valence electrons. The smallest absolute Gasteiger partial charge is 0.355 e. The van der Waals surface area contributed by atoms with E-state index in [1.807, 2.05) is 35.2 Å². The van der Waals surface area contributed by atoms with Crippen LogP contribution in [0.2, 0.25) is 0 Å². The van der Waals surface area contributed by atoms with Gasteiger partial charge in [-0.3, -0.25) is 4.79 Å². The molecule has 1 amide bonds. The number of hydrogen-bond donors (Lipinski definition) is 2. The number of hydrogen-bond acceptors (Lipinski definition) is 5. The minimum absolute atomic E-state index is 0.00381. The lowest BCUT2D eigenvalue weighted by atomic mass is 10.0. The molecular formula is C25H16FN3O3S. The summed E-state index contributed by atoms with van der Waals surface area (Å²) in [6, 6.07) is 19.3. The number of aromatic nitrogens is 1. The zero-order valence-electron chi connectivity index (χ0n) is 17.0. The fraction of sp³-hybridized carbons (Fsp3) is 0. The Hall–Kier alpha value is -4.30. The Balaban J connectivity index is 1.57. The van der Waals surface area contributed by atoms with E-state index in [0.29, 0.717) is 27.5 Å². The quantitative estimate of drug-likeness (QED) is 0.398. The van der Waals surface area contributed by atoms with E-state index in [4.69, 9.17) is 5.11 Å². The second kappa shape index (κ2) is 8.33. The molecule has 5 rings (SSSR count). The molecule has 0 fully saturated rings. The van der Waals surface area contributed by atoms with E-state index in [0.717, 1.165) is 11.3 Å². The maximum Gasteiger partial charge on any atom is 0.355 e. The first-order valence-electron chi connectivity index (χ1n) is 9.96. The molecule has 0 saturated heterocycles. The zero-order valence-corrected chi connectivity index (χ0v) is 17.8. The highest BCUT2D eigenvalue weighted by Crippen LogP contribution is 2.39. The Morgan fingerprint density at radius 1 is 1.03 bits per heavy atom. The number of nitrogens with zero attached hydrogens (tertiary/aromatic N) is 2. The Labute approximate surface area is 192 Å². The van der Waals surface area contributed by atoms with Crippen LogP contribution in [0.3, 0.4) is 0 Å². The third kappa shape index (κ3) is 3.99. The van der Waals surface area contributed by atoms with Crippen molar-refractivity contribution in [3.05, 3.63) is 95.9 Å². The first kappa shape index (κ1) is 20.6. The van der Waals surface area contributed by atoms with Crippen molar-refractivity contribution in [3.8, 4) is 21.7 Å². The first-order chi connectivity index (χ1) is 16.0. The molecule has 2 heterocycles. The molecule has 3 aromatic carbocycles. The van der Waals surface area contributed by atoms with Crippen molar-refractivity contribution >= 4 is 40.3 Å². The van der Waals surface area contributed by atoms with Crippen LogP contribution in [-0.2, 0) is 4.79 Å². The topological polar surface area (TPSA) is 82.5 Å². The van der Waals surface area contributed by atoms with E-state index in [-0.39, 0.29) is 17.4 Å². The van der Waals surface area contributed by atoms with Crippen LogP contribution in [0.25, 0.3) is 21.7 Å². The summed E-state index contributed by atoms with van der Waals surface area (Å²) in [4.78, 5) is 29.5. The van der Waals surface area contributed by atoms with Crippen LogP contribution in [0.4, 0.5) is 21.5 Å². The normalized spacial score (nSPS) is 12.8. The van der Waals surface area contributed by atoms with Gasteiger partial charge in [-0.1, -0.05) is 36.4 Å². The number of rotatable bonds is 4. The SMILES string of the molecule is O=C1C=CN(c2cccc(-c3nc(C(=O)O)cs3)c2)c2ccc(-c3ccccc3F)cc2N1. The first-order valence-corrected chi connectivity index (χ1v) is 10.8. The minimum Gasteiger partial charge on any atom is -0.476 e. The van der Waals surface area contributed by atoms with Gasteiger partial charge in [0.15, 0.2) is 5.69 Å². The van der Waals surface area contributed by atoms with Gasteiger partial charge in [-0.25, -0.2) is 14.2 Å². The van der Waals surface area contributed by atoms with Crippen LogP contribution < -0.4 is 10.2 Å². The molecule has 6 nitrogen and oxygen atoms in total. The molecule has 1 aliphatic heterocycles. The lowest BCUT2D eigenvalue weighted by Gasteiger charge is -2.23. The van der Waals surface area contributed by atoms with Crippen molar-refractivity contribution in [3.63, 3.8) is 0 Å². The average molecular weight is 457 g/mol. The van der Waals surface area contributed by atoms with Gasteiger partial charge in [0.2, 0.25) is 5.91 Å². The Morgan fingerprint density at radius 2 is 1.88 bits per heavy atom. The van der Waals surface area contributed by atoms with E-state index in [9.17, 15) is 14.0 Å². The van der Waals surface area contributed by atoms with Gasteiger partial charge in [0.25, 0.3) is 0 Å². The van der Waals surface area contributed by atoms with Gasteiger partial charge in [-0.2, -0.15) is 0 Å². The number of halogens is 1. The predicted octanol–water partition coefficient (Wildman–Crippen LogP) is 5.92. The van der Waals surface area contributed by atoms with E-state index >= 15 is 0 Å². The number of carboxylic acids is 1. The number of benzene rings is 3. The van der Waals surface area contributed by atoms with Crippen molar-refractivity contribution in [1.82, 2.24) is 4.98 Å². The van der Waals surface area contributed by atoms with E-state index in [2.05, 4.69) is 10.3 Å². The summed E-state index contributed by atoms with van der Waals surface area (Å²) in [7, 11) is 0. The van der Waals surface area contributed by atoms with Gasteiger partial charge in [0.05, 0.1) is 11.4 Å². The van der Waals surface area contributed by atoms with Gasteiger partial charge in [0.1, 0.15) is 10.8 Å². The summed E-state index contributed by atoms with van der Waals surface area (Å²) < 4.78 is 14.3. The molecule has 1 aromatic heterocycles. The monoisotopic (exact) mass is 457 g/mol. The maximum absolute atomic E-state index is 14.3. The highest BCUT2D eigenvalue weighted by molar-refractivity contribution is 7.13. The second-order valence-corrected chi connectivity index (χ2v) is 8.14. The fourth-order valence-corrected chi connectivity index (χ4v) is 4.42. The largest absolute Gasteiger partial charge is 0.476 e. The number of carbonyl (C=O) groups excluding carboxylic acids is 1. The molecule has 33 heavy (non-hydrogen) atoms. The van der Waals surface area contributed by atoms with Crippen LogP contribution >= 0.6 is 11.3 Å². The zero-order chi connectivity index (χ0) is 22.9. The summed E-state index contributed by atoms with van der Waals surface area (Å²) in [6.07, 6.45) is 3.08. The Bertz CT molecular complexity index is 1430. The molecule has 0 unspecified atom stereocenters. The van der Waals surface area contributed by atoms with E-state index in [1.165, 1.54) is 28.9 Å². The van der Waals surface area contributed by atoms with Crippen LogP contribution in [0.5, 0.6) is 0 Å². The third-order valence-electron chi connectivity index (χ3n) is 5.17. The number of fused-ring (bicyclic) bond motifs is 1.